The second-order valence-electron chi connectivity index (χ2n) is 5.02. The number of ether oxygens (including phenoxy) is 1. The SMILES string of the molecule is C.N#Cc1c(N)nc2c(c1N)Cc1cc(Br)ccc1O2.O=C(O)C(F)(F)F. The lowest BCUT2D eigenvalue weighted by Gasteiger charge is -2.21. The van der Waals surface area contributed by atoms with Crippen molar-refractivity contribution in [2.75, 3.05) is 11.5 Å². The Morgan fingerprint density at radius 1 is 1.37 bits per heavy atom. The fourth-order valence-corrected chi connectivity index (χ4v) is 2.50. The molecule has 0 unspecified atom stereocenters. The third-order valence-electron chi connectivity index (χ3n) is 3.28. The number of aliphatic carboxylic acids is 1. The molecule has 0 fully saturated rings. The van der Waals surface area contributed by atoms with Gasteiger partial charge in [0.25, 0.3) is 0 Å². The second-order valence-corrected chi connectivity index (χ2v) is 5.93. The number of benzene rings is 1. The summed E-state index contributed by atoms with van der Waals surface area (Å²) in [4.78, 5) is 13.0. The number of alkyl halides is 3. The Balaban J connectivity index is 0.000000395. The number of hydrogen-bond donors (Lipinski definition) is 3. The molecule has 1 aromatic carbocycles. The number of nitrogens with two attached hydrogens (primary N) is 2. The average molecular weight is 447 g/mol. The van der Waals surface area contributed by atoms with Crippen LogP contribution in [0.2, 0.25) is 0 Å². The van der Waals surface area contributed by atoms with Gasteiger partial charge in [0.2, 0.25) is 5.88 Å². The third-order valence-corrected chi connectivity index (χ3v) is 3.77. The molecule has 0 saturated heterocycles. The lowest BCUT2D eigenvalue weighted by atomic mass is 9.99. The van der Waals surface area contributed by atoms with Crippen LogP contribution in [0.25, 0.3) is 0 Å². The molecule has 0 radical (unpaired) electrons. The van der Waals surface area contributed by atoms with Crippen LogP contribution in [0, 0.1) is 11.3 Å². The van der Waals surface area contributed by atoms with Crippen molar-refractivity contribution >= 4 is 33.4 Å². The number of pyridine rings is 1. The smallest absolute Gasteiger partial charge is 0.475 e. The standard InChI is InChI=1S/C13H9BrN4O.C2HF3O2.CH4/c14-7-1-2-10-6(3-7)4-8-11(16)9(5-15)12(17)18-13(8)19-10;3-2(4,5)1(6)7;/h1-3H,4H2,(H4,16,17,18);(H,6,7);1H4. The number of rotatable bonds is 0. The number of nitrogens with zero attached hydrogens (tertiary/aromatic N) is 2. The average Bonchev–Trinajstić information content (AvgIpc) is 2.54. The Labute approximate surface area is 160 Å². The summed E-state index contributed by atoms with van der Waals surface area (Å²) >= 11 is 3.41. The van der Waals surface area contributed by atoms with E-state index in [1.165, 1.54) is 0 Å². The quantitative estimate of drug-likeness (QED) is 0.477. The first-order chi connectivity index (χ1) is 12.0. The van der Waals surface area contributed by atoms with Crippen molar-refractivity contribution in [3.63, 3.8) is 0 Å². The minimum atomic E-state index is -5.08. The van der Waals surface area contributed by atoms with Gasteiger partial charge in [0, 0.05) is 22.0 Å². The fourth-order valence-electron chi connectivity index (χ4n) is 2.09. The molecule has 0 saturated carbocycles. The van der Waals surface area contributed by atoms with E-state index in [0.29, 0.717) is 23.6 Å². The van der Waals surface area contributed by atoms with E-state index < -0.39 is 12.1 Å². The van der Waals surface area contributed by atoms with E-state index >= 15 is 0 Å². The Morgan fingerprint density at radius 3 is 2.48 bits per heavy atom. The summed E-state index contributed by atoms with van der Waals surface area (Å²) in [6.45, 7) is 0. The Hall–Kier alpha value is -3.00. The highest BCUT2D eigenvalue weighted by Gasteiger charge is 2.38. The number of carboxylic acids is 1. The van der Waals surface area contributed by atoms with E-state index in [9.17, 15) is 13.2 Å². The van der Waals surface area contributed by atoms with E-state index in [1.54, 1.807) is 0 Å². The number of nitrogen functional groups attached to an aromatic ring is 2. The first-order valence-corrected chi connectivity index (χ1v) is 7.58. The zero-order valence-corrected chi connectivity index (χ0v) is 14.3. The molecule has 11 heteroatoms. The van der Waals surface area contributed by atoms with Crippen molar-refractivity contribution in [1.82, 2.24) is 4.98 Å². The first-order valence-electron chi connectivity index (χ1n) is 6.79. The molecule has 3 rings (SSSR count). The first kappa shape index (κ1) is 22.0. The van der Waals surface area contributed by atoms with Crippen molar-refractivity contribution in [2.24, 2.45) is 0 Å². The van der Waals surface area contributed by atoms with E-state index in [0.717, 1.165) is 15.8 Å². The van der Waals surface area contributed by atoms with E-state index in [-0.39, 0.29) is 18.8 Å². The number of fused-ring (bicyclic) bond motifs is 2. The Bertz CT molecular complexity index is 927. The van der Waals surface area contributed by atoms with Crippen LogP contribution in [0.4, 0.5) is 24.7 Å². The van der Waals surface area contributed by atoms with Gasteiger partial charge in [0.05, 0.1) is 5.69 Å². The molecular formula is C16H14BrF3N4O3. The maximum absolute atomic E-state index is 10.6. The Morgan fingerprint density at radius 2 is 1.96 bits per heavy atom. The van der Waals surface area contributed by atoms with Gasteiger partial charge in [0.1, 0.15) is 23.2 Å². The summed E-state index contributed by atoms with van der Waals surface area (Å²) in [5, 5.41) is 16.2. The van der Waals surface area contributed by atoms with Crippen molar-refractivity contribution in [3.05, 3.63) is 39.4 Å². The number of carbonyl (C=O) groups is 1. The number of anilines is 2. The van der Waals surface area contributed by atoms with E-state index in [4.69, 9.17) is 31.4 Å². The summed E-state index contributed by atoms with van der Waals surface area (Å²) in [5.41, 5.74) is 13.9. The fraction of sp³-hybridized carbons (Fsp3) is 0.188. The molecule has 0 aliphatic carbocycles. The van der Waals surface area contributed by atoms with Gasteiger partial charge >= 0.3 is 12.1 Å². The molecule has 1 aliphatic rings. The highest BCUT2D eigenvalue weighted by molar-refractivity contribution is 9.10. The number of nitriles is 1. The molecule has 27 heavy (non-hydrogen) atoms. The molecule has 1 aliphatic heterocycles. The lowest BCUT2D eigenvalue weighted by molar-refractivity contribution is -0.192. The van der Waals surface area contributed by atoms with Crippen LogP contribution < -0.4 is 16.2 Å². The van der Waals surface area contributed by atoms with Gasteiger partial charge in [-0.25, -0.2) is 4.79 Å². The summed E-state index contributed by atoms with van der Waals surface area (Å²) in [5.74, 6) is -1.55. The molecular weight excluding hydrogens is 433 g/mol. The van der Waals surface area contributed by atoms with Crippen molar-refractivity contribution in [3.8, 4) is 17.7 Å². The number of hydrogen-bond acceptors (Lipinski definition) is 6. The van der Waals surface area contributed by atoms with Gasteiger partial charge in [0.15, 0.2) is 0 Å². The highest BCUT2D eigenvalue weighted by Crippen LogP contribution is 2.40. The summed E-state index contributed by atoms with van der Waals surface area (Å²) in [6, 6.07) is 7.67. The van der Waals surface area contributed by atoms with Crippen LogP contribution in [0.1, 0.15) is 24.1 Å². The molecule has 1 aromatic heterocycles. The van der Waals surface area contributed by atoms with Gasteiger partial charge in [-0.1, -0.05) is 23.4 Å². The lowest BCUT2D eigenvalue weighted by Crippen LogP contribution is -2.21. The highest BCUT2D eigenvalue weighted by atomic mass is 79.9. The van der Waals surface area contributed by atoms with Crippen molar-refractivity contribution in [1.29, 1.82) is 5.26 Å². The topological polar surface area (TPSA) is 135 Å². The molecule has 0 spiro atoms. The summed E-state index contributed by atoms with van der Waals surface area (Å²) in [6.07, 6.45) is -4.52. The number of aromatic nitrogens is 1. The van der Waals surface area contributed by atoms with Crippen LogP contribution >= 0.6 is 15.9 Å². The molecule has 2 aromatic rings. The van der Waals surface area contributed by atoms with E-state index in [2.05, 4.69) is 20.9 Å². The number of halogens is 4. The Kier molecular flexibility index (Phi) is 6.64. The predicted molar refractivity (Wildman–Crippen MR) is 95.2 cm³/mol. The normalized spacial score (nSPS) is 11.4. The maximum atomic E-state index is 10.6. The van der Waals surface area contributed by atoms with Gasteiger partial charge in [-0.2, -0.15) is 23.4 Å². The van der Waals surface area contributed by atoms with Crippen LogP contribution in [-0.4, -0.2) is 22.2 Å². The largest absolute Gasteiger partial charge is 0.490 e. The molecule has 0 amide bonds. The predicted octanol–water partition coefficient (Wildman–Crippen LogP) is 3.85. The minimum absolute atomic E-state index is 0. The van der Waals surface area contributed by atoms with Gasteiger partial charge in [-0.05, 0) is 18.2 Å². The van der Waals surface area contributed by atoms with Gasteiger partial charge < -0.3 is 21.3 Å². The summed E-state index contributed by atoms with van der Waals surface area (Å²) in [7, 11) is 0. The second kappa shape index (κ2) is 8.13. The molecule has 7 nitrogen and oxygen atoms in total. The zero-order valence-electron chi connectivity index (χ0n) is 12.8. The van der Waals surface area contributed by atoms with Gasteiger partial charge in [-0.15, -0.1) is 0 Å². The van der Waals surface area contributed by atoms with Gasteiger partial charge in [-0.3, -0.25) is 0 Å². The van der Waals surface area contributed by atoms with E-state index in [1.807, 2.05) is 24.3 Å². The zero-order chi connectivity index (χ0) is 19.6. The molecule has 5 N–H and O–H groups in total. The van der Waals surface area contributed by atoms with Crippen LogP contribution in [-0.2, 0) is 11.2 Å². The van der Waals surface area contributed by atoms with Crippen LogP contribution in [0.5, 0.6) is 11.6 Å². The molecule has 0 atom stereocenters. The van der Waals surface area contributed by atoms with Crippen molar-refractivity contribution in [2.45, 2.75) is 20.0 Å². The maximum Gasteiger partial charge on any atom is 0.490 e. The summed E-state index contributed by atoms with van der Waals surface area (Å²) < 4.78 is 38.4. The third kappa shape index (κ3) is 4.79. The minimum Gasteiger partial charge on any atom is -0.475 e. The van der Waals surface area contributed by atoms with Crippen LogP contribution in [0.3, 0.4) is 0 Å². The number of carboxylic acid groups (broad SMARTS) is 1. The molecule has 144 valence electrons. The van der Waals surface area contributed by atoms with Crippen LogP contribution in [0.15, 0.2) is 22.7 Å². The van der Waals surface area contributed by atoms with Crippen molar-refractivity contribution < 1.29 is 27.8 Å². The molecule has 2 heterocycles. The monoisotopic (exact) mass is 446 g/mol. The molecule has 0 bridgehead atoms.